The molecule has 0 aromatic heterocycles. The molecule has 0 bridgehead atoms. The van der Waals surface area contributed by atoms with Gasteiger partial charge in [-0.3, -0.25) is 4.21 Å². The Labute approximate surface area is 86.8 Å². The Morgan fingerprint density at radius 2 is 1.93 bits per heavy atom. The van der Waals surface area contributed by atoms with Crippen molar-refractivity contribution in [3.05, 3.63) is 30.1 Å². The maximum absolute atomic E-state index is 12.6. The first-order valence-corrected chi connectivity index (χ1v) is 6.09. The van der Waals surface area contributed by atoms with E-state index in [1.165, 1.54) is 12.1 Å². The van der Waals surface area contributed by atoms with Crippen molar-refractivity contribution in [1.82, 2.24) is 0 Å². The van der Waals surface area contributed by atoms with Crippen LogP contribution in [0.5, 0.6) is 0 Å². The van der Waals surface area contributed by atoms with E-state index in [9.17, 15) is 8.60 Å². The van der Waals surface area contributed by atoms with E-state index in [1.807, 2.05) is 0 Å². The highest BCUT2D eigenvalue weighted by Gasteiger charge is 2.07. The van der Waals surface area contributed by atoms with Crippen molar-refractivity contribution >= 4 is 10.8 Å². The molecule has 1 aromatic rings. The number of rotatable bonds is 4. The minimum absolute atomic E-state index is 0.283. The molecule has 1 aromatic carbocycles. The summed E-state index contributed by atoms with van der Waals surface area (Å²) in [7, 11) is -0.988. The van der Waals surface area contributed by atoms with Crippen LogP contribution in [0, 0.1) is 11.7 Å². The van der Waals surface area contributed by atoms with Gasteiger partial charge in [-0.15, -0.1) is 0 Å². The number of hydrogen-bond donors (Lipinski definition) is 0. The molecule has 0 amide bonds. The smallest absolute Gasteiger partial charge is 0.123 e. The summed E-state index contributed by atoms with van der Waals surface area (Å²) in [5.41, 5.74) is 0. The molecule has 0 heterocycles. The van der Waals surface area contributed by atoms with Crippen molar-refractivity contribution in [2.45, 2.75) is 25.2 Å². The highest BCUT2D eigenvalue weighted by atomic mass is 32.2. The van der Waals surface area contributed by atoms with Gasteiger partial charge in [0.2, 0.25) is 0 Å². The van der Waals surface area contributed by atoms with Gasteiger partial charge in [-0.2, -0.15) is 0 Å². The van der Waals surface area contributed by atoms with Crippen LogP contribution in [-0.2, 0) is 10.8 Å². The Morgan fingerprint density at radius 3 is 2.43 bits per heavy atom. The van der Waals surface area contributed by atoms with Gasteiger partial charge < -0.3 is 0 Å². The van der Waals surface area contributed by atoms with Crippen molar-refractivity contribution in [2.75, 3.05) is 5.75 Å². The highest BCUT2D eigenvalue weighted by molar-refractivity contribution is 7.85. The van der Waals surface area contributed by atoms with E-state index < -0.39 is 10.8 Å². The zero-order valence-corrected chi connectivity index (χ0v) is 9.31. The van der Waals surface area contributed by atoms with Crippen molar-refractivity contribution in [2.24, 2.45) is 5.92 Å². The van der Waals surface area contributed by atoms with Crippen LogP contribution in [0.3, 0.4) is 0 Å². The van der Waals surface area contributed by atoms with E-state index in [4.69, 9.17) is 0 Å². The van der Waals surface area contributed by atoms with Gasteiger partial charge in [-0.25, -0.2) is 4.39 Å². The molecule has 1 rings (SSSR count). The molecule has 14 heavy (non-hydrogen) atoms. The summed E-state index contributed by atoms with van der Waals surface area (Å²) < 4.78 is 24.3. The number of benzene rings is 1. The lowest BCUT2D eigenvalue weighted by Gasteiger charge is -2.07. The molecule has 1 nitrogen and oxygen atoms in total. The topological polar surface area (TPSA) is 17.1 Å². The Kier molecular flexibility index (Phi) is 4.26. The SMILES string of the molecule is CCC(C)CS(=O)c1ccc(F)cc1. The van der Waals surface area contributed by atoms with E-state index in [2.05, 4.69) is 13.8 Å². The molecule has 78 valence electrons. The molecule has 3 heteroatoms. The summed E-state index contributed by atoms with van der Waals surface area (Å²) in [6.45, 7) is 4.15. The third-order valence-corrected chi connectivity index (χ3v) is 3.88. The highest BCUT2D eigenvalue weighted by Crippen LogP contribution is 2.12. The first kappa shape index (κ1) is 11.4. The molecule has 0 spiro atoms. The third kappa shape index (κ3) is 3.22. The minimum atomic E-state index is -0.988. The number of hydrogen-bond acceptors (Lipinski definition) is 1. The van der Waals surface area contributed by atoms with E-state index in [1.54, 1.807) is 12.1 Å². The predicted octanol–water partition coefficient (Wildman–Crippen LogP) is 2.98. The van der Waals surface area contributed by atoms with Gasteiger partial charge in [0.15, 0.2) is 0 Å². The fourth-order valence-corrected chi connectivity index (χ4v) is 2.44. The van der Waals surface area contributed by atoms with Gasteiger partial charge in [0.1, 0.15) is 5.82 Å². The monoisotopic (exact) mass is 214 g/mol. The van der Waals surface area contributed by atoms with E-state index >= 15 is 0 Å². The second-order valence-electron chi connectivity index (χ2n) is 3.48. The summed E-state index contributed by atoms with van der Waals surface area (Å²) >= 11 is 0. The molecule has 0 fully saturated rings. The van der Waals surface area contributed by atoms with Gasteiger partial charge in [0.05, 0.1) is 10.8 Å². The predicted molar refractivity (Wildman–Crippen MR) is 57.1 cm³/mol. The molecule has 0 radical (unpaired) electrons. The van der Waals surface area contributed by atoms with Crippen molar-refractivity contribution in [3.63, 3.8) is 0 Å². The fourth-order valence-electron chi connectivity index (χ4n) is 1.06. The quantitative estimate of drug-likeness (QED) is 0.753. The lowest BCUT2D eigenvalue weighted by atomic mass is 10.2. The van der Waals surface area contributed by atoms with Crippen LogP contribution in [0.25, 0.3) is 0 Å². The maximum atomic E-state index is 12.6. The van der Waals surface area contributed by atoms with E-state index in [0.29, 0.717) is 16.6 Å². The van der Waals surface area contributed by atoms with Crippen LogP contribution in [-0.4, -0.2) is 9.96 Å². The summed E-state index contributed by atoms with van der Waals surface area (Å²) in [5, 5.41) is 0. The van der Waals surface area contributed by atoms with Gasteiger partial charge >= 0.3 is 0 Å². The average molecular weight is 214 g/mol. The van der Waals surface area contributed by atoms with Crippen LogP contribution in [0.15, 0.2) is 29.2 Å². The minimum Gasteiger partial charge on any atom is -0.254 e. The molecular weight excluding hydrogens is 199 g/mol. The zero-order chi connectivity index (χ0) is 10.6. The fraction of sp³-hybridized carbons (Fsp3) is 0.455. The summed E-state index contributed by atoms with van der Waals surface area (Å²) in [5.74, 6) is 0.817. The normalized spacial score (nSPS) is 15.1. The molecular formula is C11H15FOS. The molecule has 2 unspecified atom stereocenters. The molecule has 2 atom stereocenters. The molecule has 0 saturated heterocycles. The molecule has 0 aliphatic rings. The summed E-state index contributed by atoms with van der Waals surface area (Å²) in [6, 6.07) is 5.88. The second kappa shape index (κ2) is 5.25. The third-order valence-electron chi connectivity index (χ3n) is 2.21. The van der Waals surface area contributed by atoms with Gasteiger partial charge in [-0.05, 0) is 30.2 Å². The number of halogens is 1. The Bertz CT molecular complexity index is 308. The van der Waals surface area contributed by atoms with Crippen molar-refractivity contribution in [3.8, 4) is 0 Å². The van der Waals surface area contributed by atoms with Crippen LogP contribution in [0.4, 0.5) is 4.39 Å². The first-order chi connectivity index (χ1) is 6.63. The summed E-state index contributed by atoms with van der Waals surface area (Å²) in [4.78, 5) is 0.715. The lowest BCUT2D eigenvalue weighted by molar-refractivity contribution is 0.614. The van der Waals surface area contributed by atoms with Crippen LogP contribution in [0.1, 0.15) is 20.3 Å². The Morgan fingerprint density at radius 1 is 1.36 bits per heavy atom. The Hall–Kier alpha value is -0.700. The van der Waals surface area contributed by atoms with E-state index in [0.717, 1.165) is 6.42 Å². The zero-order valence-electron chi connectivity index (χ0n) is 8.50. The van der Waals surface area contributed by atoms with Gasteiger partial charge in [0, 0.05) is 10.6 Å². The van der Waals surface area contributed by atoms with Crippen LogP contribution < -0.4 is 0 Å². The molecule has 0 aliphatic carbocycles. The van der Waals surface area contributed by atoms with Crippen molar-refractivity contribution < 1.29 is 8.60 Å². The Balaban J connectivity index is 2.65. The van der Waals surface area contributed by atoms with Gasteiger partial charge in [-0.1, -0.05) is 20.3 Å². The van der Waals surface area contributed by atoms with Gasteiger partial charge in [0.25, 0.3) is 0 Å². The van der Waals surface area contributed by atoms with E-state index in [-0.39, 0.29) is 5.82 Å². The molecule has 0 saturated carbocycles. The van der Waals surface area contributed by atoms with Crippen LogP contribution in [0.2, 0.25) is 0 Å². The largest absolute Gasteiger partial charge is 0.254 e. The van der Waals surface area contributed by atoms with Crippen LogP contribution >= 0.6 is 0 Å². The average Bonchev–Trinajstić information content (AvgIpc) is 2.18. The molecule has 0 aliphatic heterocycles. The lowest BCUT2D eigenvalue weighted by Crippen LogP contribution is -2.06. The maximum Gasteiger partial charge on any atom is 0.123 e. The summed E-state index contributed by atoms with van der Waals surface area (Å²) in [6.07, 6.45) is 1.02. The second-order valence-corrected chi connectivity index (χ2v) is 4.98. The standard InChI is InChI=1S/C11H15FOS/c1-3-9(2)8-14(13)11-6-4-10(12)5-7-11/h4-7,9H,3,8H2,1-2H3. The molecule has 0 N–H and O–H groups in total. The first-order valence-electron chi connectivity index (χ1n) is 4.77. The van der Waals surface area contributed by atoms with Crippen molar-refractivity contribution in [1.29, 1.82) is 0 Å².